The fraction of sp³-hybridized carbons (Fsp3) is 0.438. The molecule has 2 heterocycles. The van der Waals surface area contributed by atoms with E-state index in [2.05, 4.69) is 10.5 Å². The van der Waals surface area contributed by atoms with Crippen LogP contribution in [0.1, 0.15) is 12.7 Å². The van der Waals surface area contributed by atoms with Crippen molar-refractivity contribution in [1.29, 1.82) is 0 Å². The van der Waals surface area contributed by atoms with Crippen molar-refractivity contribution in [2.45, 2.75) is 13.8 Å². The second kappa shape index (κ2) is 8.28. The zero-order valence-electron chi connectivity index (χ0n) is 13.5. The van der Waals surface area contributed by atoms with Gasteiger partial charge in [-0.15, -0.1) is 0 Å². The van der Waals surface area contributed by atoms with Crippen molar-refractivity contribution < 1.29 is 14.1 Å². The molecule has 0 saturated carbocycles. The van der Waals surface area contributed by atoms with Crippen molar-refractivity contribution in [2.24, 2.45) is 0 Å². The van der Waals surface area contributed by atoms with Crippen LogP contribution in [-0.4, -0.2) is 59.5 Å². The molecule has 0 spiro atoms. The first-order chi connectivity index (χ1) is 11.1. The molecular weight excluding hydrogens is 296 g/mol. The Labute approximate surface area is 135 Å². The average molecular weight is 318 g/mol. The molecule has 1 N–H and O–H groups in total. The van der Waals surface area contributed by atoms with E-state index in [0.717, 1.165) is 0 Å². The third-order valence-corrected chi connectivity index (χ3v) is 3.49. The fourth-order valence-corrected chi connectivity index (χ4v) is 2.29. The SMILES string of the molecule is C/C=C/C=C/C(=O)N1CCN(CC(=O)Nc2cc(C)on2)CC1. The zero-order valence-corrected chi connectivity index (χ0v) is 13.5. The van der Waals surface area contributed by atoms with Crippen LogP contribution in [0, 0.1) is 6.92 Å². The van der Waals surface area contributed by atoms with Crippen molar-refractivity contribution >= 4 is 17.6 Å². The molecule has 1 fully saturated rings. The van der Waals surface area contributed by atoms with E-state index in [-0.39, 0.29) is 18.4 Å². The van der Waals surface area contributed by atoms with Gasteiger partial charge in [0, 0.05) is 38.3 Å². The molecule has 1 aliphatic heterocycles. The maximum absolute atomic E-state index is 11.9. The number of anilines is 1. The molecule has 0 atom stereocenters. The Morgan fingerprint density at radius 1 is 1.30 bits per heavy atom. The third kappa shape index (κ3) is 5.37. The number of nitrogens with zero attached hydrogens (tertiary/aromatic N) is 3. The van der Waals surface area contributed by atoms with E-state index in [1.165, 1.54) is 0 Å². The number of carbonyl (C=O) groups excluding carboxylic acids is 2. The van der Waals surface area contributed by atoms with Gasteiger partial charge in [-0.25, -0.2) is 0 Å². The summed E-state index contributed by atoms with van der Waals surface area (Å²) in [6.45, 7) is 6.54. The van der Waals surface area contributed by atoms with Crippen molar-refractivity contribution in [3.8, 4) is 0 Å². The van der Waals surface area contributed by atoms with Gasteiger partial charge in [-0.1, -0.05) is 23.4 Å². The Morgan fingerprint density at radius 2 is 2.04 bits per heavy atom. The topological polar surface area (TPSA) is 78.7 Å². The summed E-state index contributed by atoms with van der Waals surface area (Å²) >= 11 is 0. The van der Waals surface area contributed by atoms with Crippen LogP contribution < -0.4 is 5.32 Å². The number of aromatic nitrogens is 1. The summed E-state index contributed by atoms with van der Waals surface area (Å²) in [6, 6.07) is 1.67. The van der Waals surface area contributed by atoms with Gasteiger partial charge in [0.05, 0.1) is 6.54 Å². The monoisotopic (exact) mass is 318 g/mol. The van der Waals surface area contributed by atoms with Crippen LogP contribution in [0.3, 0.4) is 0 Å². The highest BCUT2D eigenvalue weighted by Crippen LogP contribution is 2.08. The number of amides is 2. The number of aryl methyl sites for hydroxylation is 1. The Hall–Kier alpha value is -2.41. The molecule has 0 aliphatic carbocycles. The quantitative estimate of drug-likeness (QED) is 0.652. The van der Waals surface area contributed by atoms with Gasteiger partial charge in [0.15, 0.2) is 5.82 Å². The minimum Gasteiger partial charge on any atom is -0.360 e. The van der Waals surface area contributed by atoms with E-state index < -0.39 is 0 Å². The first kappa shape index (κ1) is 17.0. The van der Waals surface area contributed by atoms with Crippen LogP contribution in [0.2, 0.25) is 0 Å². The lowest BCUT2D eigenvalue weighted by molar-refractivity contribution is -0.128. The van der Waals surface area contributed by atoms with Gasteiger partial charge in [0.2, 0.25) is 11.8 Å². The second-order valence-corrected chi connectivity index (χ2v) is 5.36. The zero-order chi connectivity index (χ0) is 16.7. The molecule has 124 valence electrons. The predicted octanol–water partition coefficient (Wildman–Crippen LogP) is 1.20. The Balaban J connectivity index is 1.74. The number of hydrogen-bond acceptors (Lipinski definition) is 5. The summed E-state index contributed by atoms with van der Waals surface area (Å²) in [5.41, 5.74) is 0. The number of rotatable bonds is 5. The van der Waals surface area contributed by atoms with Gasteiger partial charge in [0.1, 0.15) is 5.76 Å². The molecule has 0 bridgehead atoms. The van der Waals surface area contributed by atoms with Crippen molar-refractivity contribution in [3.63, 3.8) is 0 Å². The molecule has 2 rings (SSSR count). The molecule has 2 amide bonds. The van der Waals surface area contributed by atoms with Crippen molar-refractivity contribution in [2.75, 3.05) is 38.0 Å². The van der Waals surface area contributed by atoms with Gasteiger partial charge in [-0.3, -0.25) is 14.5 Å². The van der Waals surface area contributed by atoms with Crippen molar-refractivity contribution in [3.05, 3.63) is 36.1 Å². The lowest BCUT2D eigenvalue weighted by Gasteiger charge is -2.33. The van der Waals surface area contributed by atoms with E-state index in [9.17, 15) is 9.59 Å². The van der Waals surface area contributed by atoms with Gasteiger partial charge in [-0.2, -0.15) is 0 Å². The average Bonchev–Trinajstić information content (AvgIpc) is 2.93. The minimum atomic E-state index is -0.133. The second-order valence-electron chi connectivity index (χ2n) is 5.36. The van der Waals surface area contributed by atoms with E-state index in [4.69, 9.17) is 4.52 Å². The summed E-state index contributed by atoms with van der Waals surface area (Å²) in [6.07, 6.45) is 7.00. The number of allylic oxidation sites excluding steroid dienone is 3. The summed E-state index contributed by atoms with van der Waals surface area (Å²) < 4.78 is 4.90. The maximum atomic E-state index is 11.9. The molecule has 1 aromatic heterocycles. The maximum Gasteiger partial charge on any atom is 0.246 e. The Bertz CT molecular complexity index is 598. The Kier molecular flexibility index (Phi) is 6.10. The molecule has 7 nitrogen and oxygen atoms in total. The van der Waals surface area contributed by atoms with Crippen LogP contribution in [0.25, 0.3) is 0 Å². The van der Waals surface area contributed by atoms with Crippen LogP contribution in [0.15, 0.2) is 34.9 Å². The number of nitrogens with one attached hydrogen (secondary N) is 1. The molecular formula is C16H22N4O3. The van der Waals surface area contributed by atoms with Crippen LogP contribution in [0.5, 0.6) is 0 Å². The van der Waals surface area contributed by atoms with Gasteiger partial charge in [0.25, 0.3) is 0 Å². The first-order valence-electron chi connectivity index (χ1n) is 7.62. The fourth-order valence-electron chi connectivity index (χ4n) is 2.29. The first-order valence-corrected chi connectivity index (χ1v) is 7.62. The molecule has 1 aliphatic rings. The molecule has 1 saturated heterocycles. The normalized spacial score (nSPS) is 16.3. The number of carbonyl (C=O) groups is 2. The highest BCUT2D eigenvalue weighted by Gasteiger charge is 2.21. The summed E-state index contributed by atoms with van der Waals surface area (Å²) in [4.78, 5) is 27.7. The van der Waals surface area contributed by atoms with Gasteiger partial charge in [-0.05, 0) is 13.8 Å². The predicted molar refractivity (Wildman–Crippen MR) is 86.8 cm³/mol. The summed E-state index contributed by atoms with van der Waals surface area (Å²) in [7, 11) is 0. The van der Waals surface area contributed by atoms with E-state index in [1.54, 1.807) is 30.0 Å². The van der Waals surface area contributed by atoms with Crippen molar-refractivity contribution in [1.82, 2.24) is 15.0 Å². The highest BCUT2D eigenvalue weighted by atomic mass is 16.5. The van der Waals surface area contributed by atoms with Crippen LogP contribution in [0.4, 0.5) is 5.82 Å². The standard InChI is InChI=1S/C16H22N4O3/c1-3-4-5-6-16(22)20-9-7-19(8-10-20)12-15(21)17-14-11-13(2)23-18-14/h3-6,11H,7-10,12H2,1-2H3,(H,17,18,21)/b4-3+,6-5+. The van der Waals surface area contributed by atoms with Gasteiger partial charge >= 0.3 is 0 Å². The third-order valence-electron chi connectivity index (χ3n) is 3.49. The van der Waals surface area contributed by atoms with Crippen LogP contribution >= 0.6 is 0 Å². The minimum absolute atomic E-state index is 0.00488. The van der Waals surface area contributed by atoms with E-state index in [0.29, 0.717) is 37.8 Å². The molecule has 0 unspecified atom stereocenters. The van der Waals surface area contributed by atoms with Gasteiger partial charge < -0.3 is 14.7 Å². The number of hydrogen-bond donors (Lipinski definition) is 1. The highest BCUT2D eigenvalue weighted by molar-refractivity contribution is 5.91. The summed E-state index contributed by atoms with van der Waals surface area (Å²) in [5, 5.41) is 6.42. The molecule has 0 aromatic carbocycles. The van der Waals surface area contributed by atoms with Crippen LogP contribution in [-0.2, 0) is 9.59 Å². The molecule has 1 aromatic rings. The molecule has 23 heavy (non-hydrogen) atoms. The molecule has 0 radical (unpaired) electrons. The summed E-state index contributed by atoms with van der Waals surface area (Å²) in [5.74, 6) is 0.949. The van der Waals surface area contributed by atoms with E-state index in [1.807, 2.05) is 24.0 Å². The largest absolute Gasteiger partial charge is 0.360 e. The lowest BCUT2D eigenvalue weighted by atomic mass is 10.3. The number of piperazine rings is 1. The molecule has 7 heteroatoms. The van der Waals surface area contributed by atoms with E-state index >= 15 is 0 Å². The lowest BCUT2D eigenvalue weighted by Crippen LogP contribution is -2.50. The smallest absolute Gasteiger partial charge is 0.246 e. The Morgan fingerprint density at radius 3 is 2.65 bits per heavy atom.